The summed E-state index contributed by atoms with van der Waals surface area (Å²) in [6, 6.07) is 9.41. The summed E-state index contributed by atoms with van der Waals surface area (Å²) in [6.45, 7) is 9.12. The highest BCUT2D eigenvalue weighted by Crippen LogP contribution is 2.25. The van der Waals surface area contributed by atoms with E-state index in [-0.39, 0.29) is 0 Å². The fourth-order valence-electron chi connectivity index (χ4n) is 3.73. The smallest absolute Gasteiger partial charge is 0.191 e. The molecule has 1 saturated heterocycles. The molecule has 7 heteroatoms. The summed E-state index contributed by atoms with van der Waals surface area (Å²) in [5.41, 5.74) is 2.69. The van der Waals surface area contributed by atoms with Crippen LogP contribution in [0.3, 0.4) is 0 Å². The summed E-state index contributed by atoms with van der Waals surface area (Å²) >= 11 is 0. The molecule has 0 amide bonds. The molecule has 1 aliphatic carbocycles. The van der Waals surface area contributed by atoms with Crippen molar-refractivity contribution in [1.82, 2.24) is 20.4 Å². The predicted molar refractivity (Wildman–Crippen MR) is 117 cm³/mol. The number of nitrogens with zero attached hydrogens (tertiary/aromatic N) is 3. The maximum atomic E-state index is 5.47. The number of hydrogen-bond donors (Lipinski definition) is 2. The third kappa shape index (κ3) is 7.59. The van der Waals surface area contributed by atoms with Crippen molar-refractivity contribution in [1.29, 1.82) is 0 Å². The number of benzene rings is 1. The van der Waals surface area contributed by atoms with E-state index in [9.17, 15) is 0 Å². The molecule has 2 N–H and O–H groups in total. The van der Waals surface area contributed by atoms with Crippen LogP contribution in [0.2, 0.25) is 0 Å². The van der Waals surface area contributed by atoms with Gasteiger partial charge in [0.15, 0.2) is 5.96 Å². The zero-order valence-corrected chi connectivity index (χ0v) is 18.0. The lowest BCUT2D eigenvalue weighted by Gasteiger charge is -2.27. The van der Waals surface area contributed by atoms with Crippen LogP contribution in [0.15, 0.2) is 29.3 Å². The van der Waals surface area contributed by atoms with Crippen LogP contribution in [0.5, 0.6) is 0 Å². The molecule has 7 nitrogen and oxygen atoms in total. The van der Waals surface area contributed by atoms with Gasteiger partial charge in [0.1, 0.15) is 0 Å². The van der Waals surface area contributed by atoms with Crippen LogP contribution in [0.4, 0.5) is 0 Å². The molecule has 162 valence electrons. The average molecular weight is 404 g/mol. The Morgan fingerprint density at radius 2 is 1.93 bits per heavy atom. The van der Waals surface area contributed by atoms with Crippen molar-refractivity contribution in [3.8, 4) is 0 Å². The topological polar surface area (TPSA) is 61.4 Å². The summed E-state index contributed by atoms with van der Waals surface area (Å²) < 4.78 is 10.7. The highest BCUT2D eigenvalue weighted by molar-refractivity contribution is 5.79. The van der Waals surface area contributed by atoms with Crippen molar-refractivity contribution in [2.24, 2.45) is 4.99 Å². The SMILES string of the molecule is CN=C(NCCN(CCOC)C1CC1)NCc1ccccc1CN1CCOCC1. The van der Waals surface area contributed by atoms with Gasteiger partial charge in [0.25, 0.3) is 0 Å². The zero-order chi connectivity index (χ0) is 20.3. The highest BCUT2D eigenvalue weighted by atomic mass is 16.5. The van der Waals surface area contributed by atoms with Gasteiger partial charge in [0, 0.05) is 66.0 Å². The average Bonchev–Trinajstić information content (AvgIpc) is 3.60. The number of morpholine rings is 1. The number of aliphatic imine (C=N–C) groups is 1. The molecule has 29 heavy (non-hydrogen) atoms. The minimum atomic E-state index is 0.744. The van der Waals surface area contributed by atoms with Crippen molar-refractivity contribution in [3.63, 3.8) is 0 Å². The molecular weight excluding hydrogens is 366 g/mol. The van der Waals surface area contributed by atoms with Crippen LogP contribution in [0.25, 0.3) is 0 Å². The van der Waals surface area contributed by atoms with Crippen LogP contribution >= 0.6 is 0 Å². The third-order valence-electron chi connectivity index (χ3n) is 5.62. The van der Waals surface area contributed by atoms with Gasteiger partial charge in [0.2, 0.25) is 0 Å². The Bertz CT molecular complexity index is 629. The first-order chi connectivity index (χ1) is 14.3. The summed E-state index contributed by atoms with van der Waals surface area (Å²) in [4.78, 5) is 9.37. The molecule has 0 radical (unpaired) electrons. The molecule has 0 aromatic heterocycles. The molecule has 1 heterocycles. The molecule has 1 aliphatic heterocycles. The van der Waals surface area contributed by atoms with E-state index in [4.69, 9.17) is 9.47 Å². The lowest BCUT2D eigenvalue weighted by atomic mass is 10.1. The zero-order valence-electron chi connectivity index (χ0n) is 18.0. The van der Waals surface area contributed by atoms with E-state index in [1.54, 1.807) is 7.11 Å². The van der Waals surface area contributed by atoms with Gasteiger partial charge >= 0.3 is 0 Å². The van der Waals surface area contributed by atoms with E-state index in [1.165, 1.54) is 24.0 Å². The molecule has 1 aromatic carbocycles. The van der Waals surface area contributed by atoms with Crippen molar-refractivity contribution in [2.45, 2.75) is 32.0 Å². The molecule has 0 spiro atoms. The largest absolute Gasteiger partial charge is 0.383 e. The van der Waals surface area contributed by atoms with Crippen molar-refractivity contribution < 1.29 is 9.47 Å². The van der Waals surface area contributed by atoms with Crippen LogP contribution in [-0.4, -0.2) is 88.5 Å². The number of rotatable bonds is 11. The maximum absolute atomic E-state index is 5.47. The first-order valence-electron chi connectivity index (χ1n) is 10.8. The van der Waals surface area contributed by atoms with Gasteiger partial charge in [-0.25, -0.2) is 0 Å². The molecule has 0 bridgehead atoms. The Labute approximate surface area is 175 Å². The third-order valence-corrected chi connectivity index (χ3v) is 5.62. The van der Waals surface area contributed by atoms with Crippen molar-refractivity contribution in [2.75, 3.05) is 66.7 Å². The minimum absolute atomic E-state index is 0.744. The normalized spacial score (nSPS) is 18.2. The van der Waals surface area contributed by atoms with Gasteiger partial charge in [-0.1, -0.05) is 24.3 Å². The standard InChI is InChI=1S/C22H37N5O2/c1-23-22(24-9-10-27(13-14-28-2)21-7-8-21)25-17-19-5-3-4-6-20(19)18-26-11-15-29-16-12-26/h3-6,21H,7-18H2,1-2H3,(H2,23,24,25). The molecule has 1 aromatic rings. The molecular formula is C22H37N5O2. The Hall–Kier alpha value is -1.67. The first-order valence-corrected chi connectivity index (χ1v) is 10.8. The number of hydrogen-bond acceptors (Lipinski definition) is 5. The van der Waals surface area contributed by atoms with Gasteiger partial charge in [-0.05, 0) is 24.0 Å². The highest BCUT2D eigenvalue weighted by Gasteiger charge is 2.28. The molecule has 0 atom stereocenters. The summed E-state index contributed by atoms with van der Waals surface area (Å²) in [5, 5.41) is 6.94. The van der Waals surface area contributed by atoms with E-state index in [0.717, 1.165) is 77.6 Å². The number of guanidine groups is 1. The minimum Gasteiger partial charge on any atom is -0.383 e. The summed E-state index contributed by atoms with van der Waals surface area (Å²) in [5.74, 6) is 0.855. The van der Waals surface area contributed by atoms with Crippen LogP contribution in [0, 0.1) is 0 Å². The van der Waals surface area contributed by atoms with Gasteiger partial charge in [-0.3, -0.25) is 14.8 Å². The summed E-state index contributed by atoms with van der Waals surface area (Å²) in [6.07, 6.45) is 2.63. The van der Waals surface area contributed by atoms with Crippen LogP contribution < -0.4 is 10.6 Å². The molecule has 2 fully saturated rings. The Balaban J connectivity index is 1.44. The van der Waals surface area contributed by atoms with E-state index in [2.05, 4.69) is 49.7 Å². The van der Waals surface area contributed by atoms with Gasteiger partial charge in [-0.2, -0.15) is 0 Å². The lowest BCUT2D eigenvalue weighted by Crippen LogP contribution is -2.42. The Kier molecular flexibility index (Phi) is 9.21. The quantitative estimate of drug-likeness (QED) is 0.429. The van der Waals surface area contributed by atoms with E-state index in [0.29, 0.717) is 0 Å². The van der Waals surface area contributed by atoms with Crippen molar-refractivity contribution in [3.05, 3.63) is 35.4 Å². The molecule has 2 aliphatic rings. The molecule has 1 saturated carbocycles. The Morgan fingerprint density at radius 1 is 1.17 bits per heavy atom. The maximum Gasteiger partial charge on any atom is 0.191 e. The fourth-order valence-corrected chi connectivity index (χ4v) is 3.73. The van der Waals surface area contributed by atoms with Gasteiger partial charge in [-0.15, -0.1) is 0 Å². The number of nitrogens with one attached hydrogen (secondary N) is 2. The fraction of sp³-hybridized carbons (Fsp3) is 0.682. The predicted octanol–water partition coefficient (Wildman–Crippen LogP) is 1.29. The van der Waals surface area contributed by atoms with Crippen LogP contribution in [0.1, 0.15) is 24.0 Å². The van der Waals surface area contributed by atoms with Gasteiger partial charge in [0.05, 0.1) is 19.8 Å². The number of methoxy groups -OCH3 is 1. The van der Waals surface area contributed by atoms with E-state index < -0.39 is 0 Å². The Morgan fingerprint density at radius 3 is 2.62 bits per heavy atom. The number of ether oxygens (including phenoxy) is 2. The second kappa shape index (κ2) is 12.1. The summed E-state index contributed by atoms with van der Waals surface area (Å²) in [7, 11) is 3.60. The van der Waals surface area contributed by atoms with Crippen molar-refractivity contribution >= 4 is 5.96 Å². The monoisotopic (exact) mass is 403 g/mol. The second-order valence-corrected chi connectivity index (χ2v) is 7.77. The molecule has 0 unspecified atom stereocenters. The molecule has 3 rings (SSSR count). The first kappa shape index (κ1) is 22.0. The van der Waals surface area contributed by atoms with Gasteiger partial charge < -0.3 is 20.1 Å². The van der Waals surface area contributed by atoms with E-state index in [1.807, 2.05) is 7.05 Å². The van der Waals surface area contributed by atoms with Crippen LogP contribution in [-0.2, 0) is 22.6 Å². The van der Waals surface area contributed by atoms with E-state index >= 15 is 0 Å². The lowest BCUT2D eigenvalue weighted by molar-refractivity contribution is 0.0341. The second-order valence-electron chi connectivity index (χ2n) is 7.77.